The minimum Gasteiger partial charge on any atom is -0.325 e. The van der Waals surface area contributed by atoms with Crippen molar-refractivity contribution in [1.82, 2.24) is 14.9 Å². The normalized spacial score (nSPS) is 11.6. The SMILES string of the molecule is Cc1cnc(C(=O)N(C)C(C)C#N)cn1. The lowest BCUT2D eigenvalue weighted by molar-refractivity contribution is 0.0767. The molecule has 1 aromatic rings. The molecule has 0 aliphatic rings. The van der Waals surface area contributed by atoms with Crippen LogP contribution in [0.3, 0.4) is 0 Å². The summed E-state index contributed by atoms with van der Waals surface area (Å²) < 4.78 is 0. The van der Waals surface area contributed by atoms with Crippen LogP contribution in [0.15, 0.2) is 12.4 Å². The summed E-state index contributed by atoms with van der Waals surface area (Å²) in [5.41, 5.74) is 1.01. The van der Waals surface area contributed by atoms with Gasteiger partial charge < -0.3 is 4.90 Å². The maximum Gasteiger partial charge on any atom is 0.274 e. The molecule has 5 nitrogen and oxygen atoms in total. The Labute approximate surface area is 88.4 Å². The zero-order chi connectivity index (χ0) is 11.4. The molecular formula is C10H12N4O. The lowest BCUT2D eigenvalue weighted by Crippen LogP contribution is -2.34. The van der Waals surface area contributed by atoms with Crippen LogP contribution in [-0.4, -0.2) is 33.9 Å². The molecule has 0 N–H and O–H groups in total. The van der Waals surface area contributed by atoms with Crippen LogP contribution in [0.1, 0.15) is 23.1 Å². The predicted octanol–water partition coefficient (Wildman–Crippen LogP) is 0.769. The molecule has 1 rings (SSSR count). The number of rotatable bonds is 2. The molecule has 0 spiro atoms. The summed E-state index contributed by atoms with van der Waals surface area (Å²) in [6, 6.07) is 1.51. The van der Waals surface area contributed by atoms with Gasteiger partial charge in [-0.2, -0.15) is 5.26 Å². The Morgan fingerprint density at radius 3 is 2.67 bits per heavy atom. The van der Waals surface area contributed by atoms with Crippen LogP contribution >= 0.6 is 0 Å². The van der Waals surface area contributed by atoms with Crippen molar-refractivity contribution in [1.29, 1.82) is 5.26 Å². The maximum atomic E-state index is 11.7. The molecule has 0 aliphatic heterocycles. The Bertz CT molecular complexity index is 393. The Hall–Kier alpha value is -1.96. The molecule has 1 aromatic heterocycles. The number of carbonyl (C=O) groups is 1. The number of hydrogen-bond donors (Lipinski definition) is 0. The van der Waals surface area contributed by atoms with E-state index in [1.807, 2.05) is 6.07 Å². The van der Waals surface area contributed by atoms with Crippen LogP contribution in [0.5, 0.6) is 0 Å². The molecule has 0 saturated carbocycles. The van der Waals surface area contributed by atoms with Gasteiger partial charge in [0.1, 0.15) is 11.7 Å². The number of amides is 1. The van der Waals surface area contributed by atoms with Crippen molar-refractivity contribution in [3.8, 4) is 6.07 Å². The first kappa shape index (κ1) is 11.1. The molecule has 1 atom stereocenters. The van der Waals surface area contributed by atoms with E-state index in [0.717, 1.165) is 5.69 Å². The van der Waals surface area contributed by atoms with Crippen molar-refractivity contribution in [2.24, 2.45) is 0 Å². The van der Waals surface area contributed by atoms with Crippen LogP contribution in [0.25, 0.3) is 0 Å². The fraction of sp³-hybridized carbons (Fsp3) is 0.400. The molecule has 1 heterocycles. The maximum absolute atomic E-state index is 11.7. The van der Waals surface area contributed by atoms with E-state index in [-0.39, 0.29) is 11.6 Å². The fourth-order valence-corrected chi connectivity index (χ4v) is 0.946. The lowest BCUT2D eigenvalue weighted by Gasteiger charge is -2.18. The van der Waals surface area contributed by atoms with E-state index in [9.17, 15) is 4.79 Å². The Morgan fingerprint density at radius 1 is 1.53 bits per heavy atom. The number of nitriles is 1. The molecule has 5 heteroatoms. The van der Waals surface area contributed by atoms with Crippen molar-refractivity contribution in [3.63, 3.8) is 0 Å². The monoisotopic (exact) mass is 204 g/mol. The predicted molar refractivity (Wildman–Crippen MR) is 53.9 cm³/mol. The highest BCUT2D eigenvalue weighted by Crippen LogP contribution is 2.02. The van der Waals surface area contributed by atoms with Crippen molar-refractivity contribution in [3.05, 3.63) is 23.8 Å². The highest BCUT2D eigenvalue weighted by molar-refractivity contribution is 5.92. The molecule has 0 radical (unpaired) electrons. The quantitative estimate of drug-likeness (QED) is 0.713. The molecule has 0 saturated heterocycles. The summed E-state index contributed by atoms with van der Waals surface area (Å²) in [4.78, 5) is 21.0. The van der Waals surface area contributed by atoms with E-state index in [1.54, 1.807) is 20.9 Å². The minimum atomic E-state index is -0.472. The third kappa shape index (κ3) is 2.50. The Morgan fingerprint density at radius 2 is 2.20 bits per heavy atom. The van der Waals surface area contributed by atoms with Crippen molar-refractivity contribution in [2.45, 2.75) is 19.9 Å². The number of hydrogen-bond acceptors (Lipinski definition) is 4. The number of nitrogens with zero attached hydrogens (tertiary/aromatic N) is 4. The van der Waals surface area contributed by atoms with Gasteiger partial charge in [-0.25, -0.2) is 4.98 Å². The zero-order valence-corrected chi connectivity index (χ0v) is 8.93. The first-order valence-electron chi connectivity index (χ1n) is 4.51. The van der Waals surface area contributed by atoms with E-state index in [0.29, 0.717) is 0 Å². The van der Waals surface area contributed by atoms with Gasteiger partial charge in [0, 0.05) is 13.2 Å². The summed E-state index contributed by atoms with van der Waals surface area (Å²) in [6.45, 7) is 3.45. The van der Waals surface area contributed by atoms with Crippen LogP contribution in [0.2, 0.25) is 0 Å². The van der Waals surface area contributed by atoms with Crippen LogP contribution in [0.4, 0.5) is 0 Å². The van der Waals surface area contributed by atoms with Gasteiger partial charge in [0.2, 0.25) is 0 Å². The van der Waals surface area contributed by atoms with E-state index in [1.165, 1.54) is 17.3 Å². The fourth-order valence-electron chi connectivity index (χ4n) is 0.946. The number of aryl methyl sites for hydroxylation is 1. The second-order valence-corrected chi connectivity index (χ2v) is 3.26. The first-order valence-corrected chi connectivity index (χ1v) is 4.51. The molecule has 0 fully saturated rings. The molecule has 1 amide bonds. The lowest BCUT2D eigenvalue weighted by atomic mass is 10.3. The highest BCUT2D eigenvalue weighted by Gasteiger charge is 2.17. The third-order valence-electron chi connectivity index (χ3n) is 2.09. The van der Waals surface area contributed by atoms with Crippen LogP contribution in [0, 0.1) is 18.3 Å². The van der Waals surface area contributed by atoms with Gasteiger partial charge >= 0.3 is 0 Å². The van der Waals surface area contributed by atoms with E-state index in [2.05, 4.69) is 9.97 Å². The van der Waals surface area contributed by atoms with Gasteiger partial charge in [-0.1, -0.05) is 0 Å². The average Bonchev–Trinajstić information content (AvgIpc) is 2.27. The summed E-state index contributed by atoms with van der Waals surface area (Å²) in [5.74, 6) is -0.295. The van der Waals surface area contributed by atoms with E-state index < -0.39 is 6.04 Å². The van der Waals surface area contributed by atoms with Crippen molar-refractivity contribution < 1.29 is 4.79 Å². The van der Waals surface area contributed by atoms with Crippen molar-refractivity contribution in [2.75, 3.05) is 7.05 Å². The van der Waals surface area contributed by atoms with Gasteiger partial charge in [-0.05, 0) is 13.8 Å². The highest BCUT2D eigenvalue weighted by atomic mass is 16.2. The topological polar surface area (TPSA) is 69.9 Å². The van der Waals surface area contributed by atoms with Crippen LogP contribution in [-0.2, 0) is 0 Å². The molecular weight excluding hydrogens is 192 g/mol. The second kappa shape index (κ2) is 4.51. The van der Waals surface area contributed by atoms with Gasteiger partial charge in [0.15, 0.2) is 0 Å². The van der Waals surface area contributed by atoms with E-state index >= 15 is 0 Å². The van der Waals surface area contributed by atoms with Crippen LogP contribution < -0.4 is 0 Å². The summed E-state index contributed by atoms with van der Waals surface area (Å²) in [7, 11) is 1.57. The van der Waals surface area contributed by atoms with Gasteiger partial charge in [-0.3, -0.25) is 9.78 Å². The number of carbonyl (C=O) groups excluding carboxylic acids is 1. The molecule has 0 aromatic carbocycles. The summed E-state index contributed by atoms with van der Waals surface area (Å²) in [5, 5.41) is 8.67. The third-order valence-corrected chi connectivity index (χ3v) is 2.09. The Kier molecular flexibility index (Phi) is 3.34. The summed E-state index contributed by atoms with van der Waals surface area (Å²) >= 11 is 0. The van der Waals surface area contributed by atoms with Gasteiger partial charge in [0.05, 0.1) is 18.0 Å². The van der Waals surface area contributed by atoms with Crippen molar-refractivity contribution >= 4 is 5.91 Å². The largest absolute Gasteiger partial charge is 0.325 e. The molecule has 0 bridgehead atoms. The molecule has 15 heavy (non-hydrogen) atoms. The molecule has 1 unspecified atom stereocenters. The molecule has 78 valence electrons. The van der Waals surface area contributed by atoms with Gasteiger partial charge in [0.25, 0.3) is 5.91 Å². The summed E-state index contributed by atoms with van der Waals surface area (Å²) in [6.07, 6.45) is 2.94. The number of aromatic nitrogens is 2. The van der Waals surface area contributed by atoms with E-state index in [4.69, 9.17) is 5.26 Å². The molecule has 0 aliphatic carbocycles. The first-order chi connectivity index (χ1) is 7.06. The Balaban J connectivity index is 2.86. The minimum absolute atomic E-state index is 0.255. The smallest absolute Gasteiger partial charge is 0.274 e. The second-order valence-electron chi connectivity index (χ2n) is 3.26. The zero-order valence-electron chi connectivity index (χ0n) is 8.93. The van der Waals surface area contributed by atoms with Gasteiger partial charge in [-0.15, -0.1) is 0 Å². The standard InChI is InChI=1S/C10H12N4O/c1-7-5-13-9(6-12-7)10(15)14(3)8(2)4-11/h5-6,8H,1-3H3. The average molecular weight is 204 g/mol.